The van der Waals surface area contributed by atoms with Crippen molar-refractivity contribution >= 4 is 23.4 Å². The molecule has 3 fully saturated rings. The number of ketones is 2. The van der Waals surface area contributed by atoms with Gasteiger partial charge in [0.2, 0.25) is 5.91 Å². The van der Waals surface area contributed by atoms with E-state index in [1.165, 1.54) is 7.11 Å². The minimum Gasteiger partial charge on any atom is -0.460 e. The van der Waals surface area contributed by atoms with Crippen molar-refractivity contribution in [1.82, 2.24) is 4.90 Å². The smallest absolute Gasteiger partial charge is 0.329 e. The van der Waals surface area contributed by atoms with Crippen LogP contribution in [0.4, 0.5) is 0 Å². The van der Waals surface area contributed by atoms with E-state index in [9.17, 15) is 29.4 Å². The number of hydrogen-bond donors (Lipinski definition) is 2. The average molecular weight is 914 g/mol. The van der Waals surface area contributed by atoms with E-state index < -0.39 is 54.0 Å². The monoisotopic (exact) mass is 914 g/mol. The summed E-state index contributed by atoms with van der Waals surface area (Å²) in [5, 5.41) is 22.0. The number of aliphatic hydroxyl groups excluding tert-OH is 2. The molecular weight excluding hydrogens is 831 g/mol. The lowest BCUT2D eigenvalue weighted by atomic mass is 9.78. The summed E-state index contributed by atoms with van der Waals surface area (Å²) in [5.41, 5.74) is 1.44. The van der Waals surface area contributed by atoms with Crippen LogP contribution < -0.4 is 0 Å². The summed E-state index contributed by atoms with van der Waals surface area (Å²) in [7, 11) is 6.26. The number of cyclic esters (lactones) is 1. The number of carbonyl (C=O) groups is 4. The second-order valence-electron chi connectivity index (χ2n) is 19.8. The summed E-state index contributed by atoms with van der Waals surface area (Å²) in [6.45, 7) is 13.7. The van der Waals surface area contributed by atoms with Gasteiger partial charge in [-0.05, 0) is 107 Å². The molecule has 3 aliphatic heterocycles. The fourth-order valence-corrected chi connectivity index (χ4v) is 10.5. The zero-order valence-electron chi connectivity index (χ0n) is 41.4. The van der Waals surface area contributed by atoms with E-state index in [-0.39, 0.29) is 72.3 Å². The van der Waals surface area contributed by atoms with Crippen molar-refractivity contribution in [3.8, 4) is 0 Å². The maximum atomic E-state index is 14.5. The Bertz CT molecular complexity index is 1690. The molecule has 15 atom stereocenters. The number of rotatable bonds is 7. The first-order valence-corrected chi connectivity index (χ1v) is 24.3. The lowest BCUT2D eigenvalue weighted by Crippen LogP contribution is -2.55. The molecule has 1 unspecified atom stereocenters. The number of carbonyl (C=O) groups excluding carboxylic acids is 4. The number of fused-ring (bicyclic) bond motifs is 3. The van der Waals surface area contributed by atoms with Crippen molar-refractivity contribution in [3.05, 3.63) is 47.6 Å². The first-order chi connectivity index (χ1) is 30.9. The first-order valence-electron chi connectivity index (χ1n) is 24.3. The molecule has 4 aliphatic rings. The maximum absolute atomic E-state index is 14.5. The van der Waals surface area contributed by atoms with Crippen molar-refractivity contribution in [2.45, 2.75) is 186 Å². The molecule has 1 saturated carbocycles. The van der Waals surface area contributed by atoms with Crippen LogP contribution in [0.2, 0.25) is 0 Å². The number of nitrogens with zero attached hydrogens (tertiary/aromatic N) is 1. The largest absolute Gasteiger partial charge is 0.460 e. The van der Waals surface area contributed by atoms with Gasteiger partial charge in [-0.2, -0.15) is 0 Å². The Morgan fingerprint density at radius 3 is 2.26 bits per heavy atom. The van der Waals surface area contributed by atoms with E-state index in [2.05, 4.69) is 0 Å². The molecule has 0 aromatic carbocycles. The van der Waals surface area contributed by atoms with Crippen LogP contribution in [0, 0.1) is 35.5 Å². The summed E-state index contributed by atoms with van der Waals surface area (Å²) in [6.07, 6.45) is 14.1. The van der Waals surface area contributed by atoms with Crippen LogP contribution in [0.25, 0.3) is 0 Å². The molecule has 13 nitrogen and oxygen atoms in total. The van der Waals surface area contributed by atoms with Gasteiger partial charge in [0.05, 0.1) is 30.8 Å². The lowest BCUT2D eigenvalue weighted by Gasteiger charge is -2.46. The minimum atomic E-state index is -1.27. The van der Waals surface area contributed by atoms with Gasteiger partial charge >= 0.3 is 5.97 Å². The fourth-order valence-electron chi connectivity index (χ4n) is 10.5. The fraction of sp³-hybridized carbons (Fsp3) is 0.769. The molecule has 0 aromatic rings. The third-order valence-electron chi connectivity index (χ3n) is 14.9. The average Bonchev–Trinajstić information content (AvgIpc) is 3.28. The van der Waals surface area contributed by atoms with Crippen LogP contribution in [-0.4, -0.2) is 128 Å². The van der Waals surface area contributed by atoms with Gasteiger partial charge in [0.15, 0.2) is 11.6 Å². The number of methoxy groups -OCH3 is 4. The minimum absolute atomic E-state index is 0.0606. The van der Waals surface area contributed by atoms with Gasteiger partial charge < -0.3 is 43.5 Å². The highest BCUT2D eigenvalue weighted by molar-refractivity contribution is 5.87. The SMILES string of the molecule is CO[C@H]1C[C@@H]2CC[C@@H](C)[C@](OC)(CC(=O)N3CCCCC3C(=O)O[C@H]([C@H](C)C[C@@H]3CC[C@@H](O)[C@H](OC)C3)CC(=O)[C@H](C)/C=C(\C)[C@@H](O)[C@@H](OC)C(=O)[C@H](C)C[C@H](C)/C=C/C=C/C=C/1C)O2. The highest BCUT2D eigenvalue weighted by Crippen LogP contribution is 2.41. The van der Waals surface area contributed by atoms with E-state index in [1.807, 2.05) is 65.0 Å². The third kappa shape index (κ3) is 15.0. The number of allylic oxidation sites excluding steroid dienone is 6. The molecule has 4 rings (SSSR count). The molecule has 3 heterocycles. The van der Waals surface area contributed by atoms with E-state index in [0.29, 0.717) is 50.6 Å². The summed E-state index contributed by atoms with van der Waals surface area (Å²) < 4.78 is 36.4. The number of amides is 1. The van der Waals surface area contributed by atoms with Crippen molar-refractivity contribution in [1.29, 1.82) is 0 Å². The molecule has 0 radical (unpaired) electrons. The third-order valence-corrected chi connectivity index (χ3v) is 14.9. The Hall–Kier alpha value is -3.04. The first kappa shape index (κ1) is 54.6. The molecule has 65 heavy (non-hydrogen) atoms. The van der Waals surface area contributed by atoms with Crippen molar-refractivity contribution < 1.29 is 57.8 Å². The van der Waals surface area contributed by atoms with E-state index in [4.69, 9.17) is 28.4 Å². The van der Waals surface area contributed by atoms with Crippen molar-refractivity contribution in [2.24, 2.45) is 35.5 Å². The molecule has 2 saturated heterocycles. The molecule has 1 aliphatic carbocycles. The predicted octanol–water partition coefficient (Wildman–Crippen LogP) is 7.66. The van der Waals surface area contributed by atoms with E-state index in [0.717, 1.165) is 37.7 Å². The van der Waals surface area contributed by atoms with Crippen LogP contribution in [0.15, 0.2) is 47.6 Å². The topological polar surface area (TPSA) is 167 Å². The number of ether oxygens (including phenoxy) is 6. The number of Topliss-reactive ketones (excluding diaryl/α,β-unsaturated/α-hetero) is 2. The maximum Gasteiger partial charge on any atom is 0.329 e. The van der Waals surface area contributed by atoms with Gasteiger partial charge in [-0.3, -0.25) is 14.4 Å². The van der Waals surface area contributed by atoms with E-state index in [1.54, 1.807) is 46.2 Å². The van der Waals surface area contributed by atoms with Gasteiger partial charge in [0.25, 0.3) is 0 Å². The molecule has 368 valence electrons. The summed E-state index contributed by atoms with van der Waals surface area (Å²) in [6, 6.07) is -0.847. The van der Waals surface area contributed by atoms with Gasteiger partial charge in [-0.25, -0.2) is 4.79 Å². The van der Waals surface area contributed by atoms with Crippen molar-refractivity contribution in [3.63, 3.8) is 0 Å². The Balaban J connectivity index is 1.69. The molecule has 0 spiro atoms. The number of piperidine rings is 1. The van der Waals surface area contributed by atoms with Gasteiger partial charge in [0, 0.05) is 65.6 Å². The number of hydrogen-bond acceptors (Lipinski definition) is 12. The summed E-state index contributed by atoms with van der Waals surface area (Å²) in [4.78, 5) is 58.4. The Labute approximate surface area is 389 Å². The molecule has 2 N–H and O–H groups in total. The standard InChI is InChI=1S/C52H83NO12/c1-32-17-13-12-14-18-33(2)44(60-8)29-40-22-20-38(7)52(63-11,65-40)31-47(56)53-24-16-15-19-41(53)51(59)64-45(35(4)27-39-21-23-42(54)46(28-39)61-9)30-43(55)34(3)26-37(6)49(58)50(62-10)48(57)36(5)25-32/h12-14,17-18,26,32,34-36,38-42,44-46,49-50,54,58H,15-16,19-25,27-31H2,1-11H3/b14-12+,17-13+,33-18+,37-26+/t32-,34-,35-,36-,38-,39+,40+,41?,42-,44+,45+,46-,49-,50+,52+/m1/s1. The predicted molar refractivity (Wildman–Crippen MR) is 250 cm³/mol. The molecule has 2 bridgehead atoms. The van der Waals surface area contributed by atoms with Crippen LogP contribution >= 0.6 is 0 Å². The molecule has 0 aromatic heterocycles. The molecular formula is C52H83NO12. The van der Waals surface area contributed by atoms with Gasteiger partial charge in [0.1, 0.15) is 30.1 Å². The quantitative estimate of drug-likeness (QED) is 0.190. The highest BCUT2D eigenvalue weighted by Gasteiger charge is 2.48. The number of esters is 1. The zero-order chi connectivity index (χ0) is 48.0. The normalized spacial score (nSPS) is 40.4. The molecule has 1 amide bonds. The van der Waals surface area contributed by atoms with Crippen molar-refractivity contribution in [2.75, 3.05) is 35.0 Å². The van der Waals surface area contributed by atoms with Crippen LogP contribution in [0.5, 0.6) is 0 Å². The summed E-state index contributed by atoms with van der Waals surface area (Å²) >= 11 is 0. The van der Waals surface area contributed by atoms with Crippen LogP contribution in [-0.2, 0) is 47.6 Å². The van der Waals surface area contributed by atoms with Gasteiger partial charge in [-0.15, -0.1) is 0 Å². The second kappa shape index (κ2) is 25.9. The lowest BCUT2D eigenvalue weighted by molar-refractivity contribution is -0.297. The van der Waals surface area contributed by atoms with E-state index >= 15 is 0 Å². The highest BCUT2D eigenvalue weighted by atomic mass is 16.7. The zero-order valence-corrected chi connectivity index (χ0v) is 41.4. The second-order valence-corrected chi connectivity index (χ2v) is 19.8. The van der Waals surface area contributed by atoms with Gasteiger partial charge in [-0.1, -0.05) is 71.1 Å². The Kier molecular flexibility index (Phi) is 21.8. The van der Waals surface area contributed by atoms with Crippen LogP contribution in [0.3, 0.4) is 0 Å². The van der Waals surface area contributed by atoms with Crippen LogP contribution in [0.1, 0.15) is 132 Å². The number of aliphatic hydroxyl groups is 2. The Morgan fingerprint density at radius 1 is 0.846 bits per heavy atom. The Morgan fingerprint density at radius 2 is 1.58 bits per heavy atom. The summed E-state index contributed by atoms with van der Waals surface area (Å²) in [5.74, 6) is -3.62. The molecule has 13 heteroatoms.